The minimum atomic E-state index is -0.0940. The second-order valence-electron chi connectivity index (χ2n) is 8.38. The van der Waals surface area contributed by atoms with Crippen LogP contribution >= 0.6 is 0 Å². The molecule has 3 heteroatoms. The Morgan fingerprint density at radius 3 is 2.41 bits per heavy atom. The van der Waals surface area contributed by atoms with E-state index in [2.05, 4.69) is 80.7 Å². The lowest BCUT2D eigenvalue weighted by atomic mass is 9.67. The van der Waals surface area contributed by atoms with Gasteiger partial charge in [-0.3, -0.25) is 0 Å². The first-order valence-corrected chi connectivity index (χ1v) is 10.0. The van der Waals surface area contributed by atoms with E-state index in [1.807, 2.05) is 0 Å². The molecule has 0 amide bonds. The molecule has 0 bridgehead atoms. The fourth-order valence-electron chi connectivity index (χ4n) is 4.41. The van der Waals surface area contributed by atoms with Crippen molar-refractivity contribution in [3.8, 4) is 5.75 Å². The lowest BCUT2D eigenvalue weighted by Gasteiger charge is -2.45. The van der Waals surface area contributed by atoms with Crippen molar-refractivity contribution in [2.75, 3.05) is 20.3 Å². The third-order valence-electron chi connectivity index (χ3n) is 5.89. The Hall–Kier alpha value is -1.84. The number of hydrogen-bond donors (Lipinski definition) is 1. The molecule has 0 radical (unpaired) electrons. The van der Waals surface area contributed by atoms with Gasteiger partial charge < -0.3 is 14.8 Å². The van der Waals surface area contributed by atoms with Crippen molar-refractivity contribution in [1.29, 1.82) is 0 Å². The highest BCUT2D eigenvalue weighted by Crippen LogP contribution is 2.44. The van der Waals surface area contributed by atoms with Crippen molar-refractivity contribution >= 4 is 0 Å². The number of hydrogen-bond acceptors (Lipinski definition) is 3. The van der Waals surface area contributed by atoms with Crippen molar-refractivity contribution in [3.63, 3.8) is 0 Å². The van der Waals surface area contributed by atoms with E-state index >= 15 is 0 Å². The number of rotatable bonds is 7. The first-order valence-electron chi connectivity index (χ1n) is 10.0. The van der Waals surface area contributed by atoms with Gasteiger partial charge in [-0.2, -0.15) is 0 Å². The van der Waals surface area contributed by atoms with Crippen LogP contribution in [-0.4, -0.2) is 25.9 Å². The standard InChI is InChI=1S/C24H33NO2/c1-19(20-8-6-5-7-9-20)25-16-14-24(15-17-27-23(2,3)18-24)21-10-12-22(26-4)13-11-21/h5-13,19,25H,14-18H2,1-4H3. The number of ether oxygens (including phenoxy) is 2. The van der Waals surface area contributed by atoms with E-state index in [1.54, 1.807) is 7.11 Å². The molecular formula is C24H33NO2. The van der Waals surface area contributed by atoms with E-state index in [0.717, 1.165) is 38.2 Å². The molecule has 1 N–H and O–H groups in total. The van der Waals surface area contributed by atoms with Gasteiger partial charge in [-0.1, -0.05) is 42.5 Å². The molecule has 0 spiro atoms. The summed E-state index contributed by atoms with van der Waals surface area (Å²) in [5, 5.41) is 3.73. The van der Waals surface area contributed by atoms with Crippen molar-refractivity contribution in [2.24, 2.45) is 0 Å². The minimum Gasteiger partial charge on any atom is -0.497 e. The second kappa shape index (κ2) is 8.45. The van der Waals surface area contributed by atoms with Gasteiger partial charge in [-0.05, 0) is 69.8 Å². The zero-order valence-corrected chi connectivity index (χ0v) is 17.1. The van der Waals surface area contributed by atoms with Gasteiger partial charge in [0.1, 0.15) is 5.75 Å². The summed E-state index contributed by atoms with van der Waals surface area (Å²) in [7, 11) is 1.72. The van der Waals surface area contributed by atoms with Crippen molar-refractivity contribution < 1.29 is 9.47 Å². The Labute approximate surface area is 164 Å². The van der Waals surface area contributed by atoms with Gasteiger partial charge in [0.15, 0.2) is 0 Å². The predicted octanol–water partition coefficient (Wildman–Crippen LogP) is 5.26. The highest BCUT2D eigenvalue weighted by Gasteiger charge is 2.41. The largest absolute Gasteiger partial charge is 0.497 e. The van der Waals surface area contributed by atoms with Crippen molar-refractivity contribution in [3.05, 3.63) is 65.7 Å². The van der Waals surface area contributed by atoms with Gasteiger partial charge in [0.2, 0.25) is 0 Å². The minimum absolute atomic E-state index is 0.0940. The molecule has 1 saturated heterocycles. The molecule has 1 heterocycles. The van der Waals surface area contributed by atoms with E-state index in [-0.39, 0.29) is 11.0 Å². The molecule has 2 unspecified atom stereocenters. The molecule has 146 valence electrons. The van der Waals surface area contributed by atoms with Gasteiger partial charge >= 0.3 is 0 Å². The number of nitrogens with one attached hydrogen (secondary N) is 1. The van der Waals surface area contributed by atoms with Gasteiger partial charge in [0.05, 0.1) is 12.7 Å². The van der Waals surface area contributed by atoms with E-state index < -0.39 is 0 Å². The normalized spacial score (nSPS) is 23.0. The molecule has 27 heavy (non-hydrogen) atoms. The summed E-state index contributed by atoms with van der Waals surface area (Å²) in [4.78, 5) is 0. The van der Waals surface area contributed by atoms with E-state index in [1.165, 1.54) is 11.1 Å². The summed E-state index contributed by atoms with van der Waals surface area (Å²) < 4.78 is 11.4. The molecule has 1 fully saturated rings. The number of benzene rings is 2. The first-order chi connectivity index (χ1) is 12.9. The maximum atomic E-state index is 6.04. The van der Waals surface area contributed by atoms with Crippen LogP contribution in [0.15, 0.2) is 54.6 Å². The number of methoxy groups -OCH3 is 1. The molecule has 0 aliphatic carbocycles. The second-order valence-corrected chi connectivity index (χ2v) is 8.38. The van der Waals surface area contributed by atoms with Crippen LogP contribution in [0.5, 0.6) is 5.75 Å². The van der Waals surface area contributed by atoms with Crippen LogP contribution in [0.2, 0.25) is 0 Å². The fourth-order valence-corrected chi connectivity index (χ4v) is 4.41. The first kappa shape index (κ1) is 19.9. The highest BCUT2D eigenvalue weighted by atomic mass is 16.5. The van der Waals surface area contributed by atoms with Crippen LogP contribution in [0, 0.1) is 0 Å². The third-order valence-corrected chi connectivity index (χ3v) is 5.89. The molecular weight excluding hydrogens is 334 g/mol. The zero-order valence-electron chi connectivity index (χ0n) is 17.1. The van der Waals surface area contributed by atoms with Crippen LogP contribution in [0.3, 0.4) is 0 Å². The quantitative estimate of drug-likeness (QED) is 0.724. The average Bonchev–Trinajstić information content (AvgIpc) is 2.68. The van der Waals surface area contributed by atoms with Crippen molar-refractivity contribution in [1.82, 2.24) is 5.32 Å². The SMILES string of the molecule is COc1ccc(C2(CCNC(C)c3ccccc3)CCOC(C)(C)C2)cc1. The summed E-state index contributed by atoms with van der Waals surface area (Å²) >= 11 is 0. The molecule has 0 saturated carbocycles. The summed E-state index contributed by atoms with van der Waals surface area (Å²) in [6.45, 7) is 8.46. The Morgan fingerprint density at radius 1 is 1.07 bits per heavy atom. The summed E-state index contributed by atoms with van der Waals surface area (Å²) in [5.74, 6) is 0.913. The van der Waals surface area contributed by atoms with Crippen LogP contribution < -0.4 is 10.1 Å². The van der Waals surface area contributed by atoms with E-state index in [4.69, 9.17) is 9.47 Å². The van der Waals surface area contributed by atoms with Crippen LogP contribution in [0.25, 0.3) is 0 Å². The lowest BCUT2D eigenvalue weighted by Crippen LogP contribution is -2.45. The maximum Gasteiger partial charge on any atom is 0.118 e. The summed E-state index contributed by atoms with van der Waals surface area (Å²) in [6.07, 6.45) is 3.20. The molecule has 2 atom stereocenters. The van der Waals surface area contributed by atoms with Crippen LogP contribution in [0.4, 0.5) is 0 Å². The fraction of sp³-hybridized carbons (Fsp3) is 0.500. The van der Waals surface area contributed by atoms with E-state index in [9.17, 15) is 0 Å². The molecule has 3 rings (SSSR count). The molecule has 2 aromatic carbocycles. The predicted molar refractivity (Wildman–Crippen MR) is 111 cm³/mol. The van der Waals surface area contributed by atoms with E-state index in [0.29, 0.717) is 6.04 Å². The third kappa shape index (κ3) is 4.91. The van der Waals surface area contributed by atoms with Gasteiger partial charge in [0, 0.05) is 18.1 Å². The molecule has 1 aliphatic heterocycles. The lowest BCUT2D eigenvalue weighted by molar-refractivity contribution is -0.0840. The average molecular weight is 368 g/mol. The molecule has 0 aromatic heterocycles. The summed E-state index contributed by atoms with van der Waals surface area (Å²) in [6, 6.07) is 19.6. The van der Waals surface area contributed by atoms with Gasteiger partial charge in [0.25, 0.3) is 0 Å². The Balaban J connectivity index is 1.74. The van der Waals surface area contributed by atoms with Gasteiger partial charge in [-0.25, -0.2) is 0 Å². The topological polar surface area (TPSA) is 30.5 Å². The molecule has 1 aliphatic rings. The zero-order chi connectivity index (χ0) is 19.3. The molecule has 2 aromatic rings. The summed E-state index contributed by atoms with van der Waals surface area (Å²) in [5.41, 5.74) is 2.78. The Bertz CT molecular complexity index is 711. The Morgan fingerprint density at radius 2 is 1.78 bits per heavy atom. The van der Waals surface area contributed by atoms with Crippen molar-refractivity contribution in [2.45, 2.75) is 57.1 Å². The molecule has 3 nitrogen and oxygen atoms in total. The van der Waals surface area contributed by atoms with Crippen LogP contribution in [0.1, 0.15) is 57.2 Å². The smallest absolute Gasteiger partial charge is 0.118 e. The monoisotopic (exact) mass is 367 g/mol. The van der Waals surface area contributed by atoms with Crippen LogP contribution in [-0.2, 0) is 10.2 Å². The highest BCUT2D eigenvalue weighted by molar-refractivity contribution is 5.33. The van der Waals surface area contributed by atoms with Gasteiger partial charge in [-0.15, -0.1) is 0 Å². The Kier molecular flexibility index (Phi) is 6.23. The maximum absolute atomic E-state index is 6.04.